The number of carbonyl (C=O) groups is 2. The van der Waals surface area contributed by atoms with Gasteiger partial charge in [-0.05, 0) is 40.8 Å². The first kappa shape index (κ1) is 15.2. The predicted molar refractivity (Wildman–Crippen MR) is 76.5 cm³/mol. The fourth-order valence-electron chi connectivity index (χ4n) is 1.15. The molecule has 0 saturated carbocycles. The maximum atomic E-state index is 11.7. The molecule has 5 nitrogen and oxygen atoms in total. The van der Waals surface area contributed by atoms with Crippen LogP contribution in [-0.4, -0.2) is 31.6 Å². The van der Waals surface area contributed by atoms with Gasteiger partial charge in [-0.25, -0.2) is 0 Å². The third-order valence-electron chi connectivity index (χ3n) is 1.96. The van der Waals surface area contributed by atoms with Crippen LogP contribution >= 0.6 is 34.2 Å². The maximum Gasteiger partial charge on any atom is 0.251 e. The van der Waals surface area contributed by atoms with E-state index in [1.165, 1.54) is 0 Å². The van der Waals surface area contributed by atoms with E-state index in [1.54, 1.807) is 18.2 Å². The molecule has 0 bridgehead atoms. The highest BCUT2D eigenvalue weighted by molar-refractivity contribution is 14.1. The number of primary amides is 1. The van der Waals surface area contributed by atoms with Gasteiger partial charge in [-0.2, -0.15) is 0 Å². The molecule has 1 aromatic rings. The zero-order valence-electron chi connectivity index (χ0n) is 9.41. The van der Waals surface area contributed by atoms with Crippen LogP contribution in [0.5, 0.6) is 0 Å². The van der Waals surface area contributed by atoms with Gasteiger partial charge in [-0.15, -0.1) is 0 Å². The van der Waals surface area contributed by atoms with E-state index in [0.717, 1.165) is 3.57 Å². The average molecular weight is 383 g/mol. The summed E-state index contributed by atoms with van der Waals surface area (Å²) in [6.45, 7) is 0.383. The second-order valence-corrected chi connectivity index (χ2v) is 4.97. The molecule has 0 atom stereocenters. The second kappa shape index (κ2) is 7.55. The first-order valence-corrected chi connectivity index (χ1v) is 6.55. The number of nitrogens with two attached hydrogens (primary N) is 1. The van der Waals surface area contributed by atoms with Gasteiger partial charge in [-0.1, -0.05) is 11.6 Å². The molecule has 98 valence electrons. The number of hydrogen-bond acceptors (Lipinski definition) is 3. The zero-order valence-corrected chi connectivity index (χ0v) is 12.3. The summed E-state index contributed by atoms with van der Waals surface area (Å²) in [6.07, 6.45) is 0. The summed E-state index contributed by atoms with van der Waals surface area (Å²) in [4.78, 5) is 22.1. The van der Waals surface area contributed by atoms with Gasteiger partial charge in [-0.3, -0.25) is 9.59 Å². The Hall–Kier alpha value is -0.860. The van der Waals surface area contributed by atoms with Gasteiger partial charge in [0.1, 0.15) is 6.61 Å². The standard InChI is InChI=1S/C11H12ClIN2O3/c12-8-5-7(1-2-9(8)13)11(17)15-3-4-18-6-10(14)16/h1-2,5H,3-4,6H2,(H2,14,16)(H,15,17). The van der Waals surface area contributed by atoms with Gasteiger partial charge in [0.2, 0.25) is 5.91 Å². The van der Waals surface area contributed by atoms with Gasteiger partial charge < -0.3 is 15.8 Å². The van der Waals surface area contributed by atoms with Crippen LogP contribution in [0.2, 0.25) is 5.02 Å². The summed E-state index contributed by atoms with van der Waals surface area (Å²) in [5.41, 5.74) is 5.37. The lowest BCUT2D eigenvalue weighted by atomic mass is 10.2. The van der Waals surface area contributed by atoms with Crippen LogP contribution in [0, 0.1) is 3.57 Å². The van der Waals surface area contributed by atoms with Crippen molar-refractivity contribution in [2.24, 2.45) is 5.73 Å². The fourth-order valence-corrected chi connectivity index (χ4v) is 1.66. The topological polar surface area (TPSA) is 81.4 Å². The number of hydrogen-bond donors (Lipinski definition) is 2. The lowest BCUT2D eigenvalue weighted by molar-refractivity contribution is -0.122. The number of carbonyl (C=O) groups excluding carboxylic acids is 2. The Labute approximate surface area is 123 Å². The fraction of sp³-hybridized carbons (Fsp3) is 0.273. The van der Waals surface area contributed by atoms with Crippen molar-refractivity contribution < 1.29 is 14.3 Å². The third-order valence-corrected chi connectivity index (χ3v) is 3.53. The minimum atomic E-state index is -0.536. The van der Waals surface area contributed by atoms with E-state index in [0.29, 0.717) is 17.1 Å². The van der Waals surface area contributed by atoms with Crippen LogP contribution < -0.4 is 11.1 Å². The molecule has 1 rings (SSSR count). The van der Waals surface area contributed by atoms with Gasteiger partial charge in [0.15, 0.2) is 0 Å². The normalized spacial score (nSPS) is 10.1. The summed E-state index contributed by atoms with van der Waals surface area (Å²) < 4.78 is 5.79. The Morgan fingerprint density at radius 3 is 2.78 bits per heavy atom. The molecule has 0 fully saturated rings. The molecule has 3 N–H and O–H groups in total. The van der Waals surface area contributed by atoms with Crippen LogP contribution in [-0.2, 0) is 9.53 Å². The highest BCUT2D eigenvalue weighted by Gasteiger charge is 2.07. The van der Waals surface area contributed by atoms with Gasteiger partial charge in [0.05, 0.1) is 11.6 Å². The number of rotatable bonds is 6. The van der Waals surface area contributed by atoms with E-state index in [2.05, 4.69) is 27.9 Å². The first-order chi connectivity index (χ1) is 8.50. The summed E-state index contributed by atoms with van der Waals surface area (Å²) in [6, 6.07) is 5.05. The molecule has 0 heterocycles. The first-order valence-electron chi connectivity index (χ1n) is 5.10. The quantitative estimate of drug-likeness (QED) is 0.572. The van der Waals surface area contributed by atoms with Crippen molar-refractivity contribution >= 4 is 46.0 Å². The second-order valence-electron chi connectivity index (χ2n) is 3.40. The van der Waals surface area contributed by atoms with Crippen molar-refractivity contribution in [3.05, 3.63) is 32.4 Å². The van der Waals surface area contributed by atoms with Crippen LogP contribution in [0.3, 0.4) is 0 Å². The Bertz CT molecular complexity index is 454. The zero-order chi connectivity index (χ0) is 13.5. The number of ether oxygens (including phenoxy) is 1. The van der Waals surface area contributed by atoms with Crippen molar-refractivity contribution in [2.45, 2.75) is 0 Å². The maximum absolute atomic E-state index is 11.7. The van der Waals surface area contributed by atoms with Crippen molar-refractivity contribution in [3.63, 3.8) is 0 Å². The number of nitrogens with one attached hydrogen (secondary N) is 1. The number of amides is 2. The monoisotopic (exact) mass is 382 g/mol. The predicted octanol–water partition coefficient (Wildman–Crippen LogP) is 1.18. The molecule has 0 spiro atoms. The molecule has 2 amide bonds. The lowest BCUT2D eigenvalue weighted by Crippen LogP contribution is -2.28. The van der Waals surface area contributed by atoms with Crippen LogP contribution in [0.4, 0.5) is 0 Å². The molecule has 7 heteroatoms. The average Bonchev–Trinajstić information content (AvgIpc) is 2.31. The summed E-state index contributed by atoms with van der Waals surface area (Å²) in [7, 11) is 0. The Morgan fingerprint density at radius 1 is 1.44 bits per heavy atom. The van der Waals surface area contributed by atoms with Crippen LogP contribution in [0.25, 0.3) is 0 Å². The molecule has 0 saturated heterocycles. The molecule has 0 aliphatic carbocycles. The highest BCUT2D eigenvalue weighted by Crippen LogP contribution is 2.19. The highest BCUT2D eigenvalue weighted by atomic mass is 127. The summed E-state index contributed by atoms with van der Waals surface area (Å²) in [5, 5.41) is 3.18. The Morgan fingerprint density at radius 2 is 2.17 bits per heavy atom. The Kier molecular flexibility index (Phi) is 6.37. The molecule has 0 unspecified atom stereocenters. The van der Waals surface area contributed by atoms with E-state index in [-0.39, 0.29) is 19.1 Å². The Balaban J connectivity index is 2.36. The molecule has 0 aromatic heterocycles. The van der Waals surface area contributed by atoms with Gasteiger partial charge >= 0.3 is 0 Å². The molecular weight excluding hydrogens is 370 g/mol. The summed E-state index contributed by atoms with van der Waals surface area (Å²) in [5.74, 6) is -0.776. The van der Waals surface area contributed by atoms with Crippen molar-refractivity contribution in [1.29, 1.82) is 0 Å². The minimum absolute atomic E-state index is 0.148. The third kappa shape index (κ3) is 5.19. The molecule has 0 aliphatic rings. The molecule has 0 aliphatic heterocycles. The smallest absolute Gasteiger partial charge is 0.251 e. The van der Waals surface area contributed by atoms with Gasteiger partial charge in [0, 0.05) is 15.7 Å². The summed E-state index contributed by atoms with van der Waals surface area (Å²) >= 11 is 8.00. The minimum Gasteiger partial charge on any atom is -0.370 e. The van der Waals surface area contributed by atoms with E-state index in [9.17, 15) is 9.59 Å². The van der Waals surface area contributed by atoms with Crippen molar-refractivity contribution in [3.8, 4) is 0 Å². The molecule has 1 aromatic carbocycles. The lowest BCUT2D eigenvalue weighted by Gasteiger charge is -2.06. The van der Waals surface area contributed by atoms with Crippen molar-refractivity contribution in [2.75, 3.05) is 19.8 Å². The van der Waals surface area contributed by atoms with E-state index >= 15 is 0 Å². The largest absolute Gasteiger partial charge is 0.370 e. The van der Waals surface area contributed by atoms with E-state index in [4.69, 9.17) is 22.1 Å². The van der Waals surface area contributed by atoms with Crippen LogP contribution in [0.15, 0.2) is 18.2 Å². The van der Waals surface area contributed by atoms with Crippen LogP contribution in [0.1, 0.15) is 10.4 Å². The van der Waals surface area contributed by atoms with Crippen molar-refractivity contribution in [1.82, 2.24) is 5.32 Å². The number of halogens is 2. The molecule has 18 heavy (non-hydrogen) atoms. The van der Waals surface area contributed by atoms with E-state index < -0.39 is 5.91 Å². The molecular formula is C11H12ClIN2O3. The number of benzene rings is 1. The van der Waals surface area contributed by atoms with Gasteiger partial charge in [0.25, 0.3) is 5.91 Å². The molecule has 0 radical (unpaired) electrons. The van der Waals surface area contributed by atoms with E-state index in [1.807, 2.05) is 0 Å². The SMILES string of the molecule is NC(=O)COCCNC(=O)c1ccc(I)c(Cl)c1.